The molecule has 1 aliphatic rings. The fourth-order valence-electron chi connectivity index (χ4n) is 2.58. The molecule has 104 valence electrons. The van der Waals surface area contributed by atoms with Crippen molar-refractivity contribution in [1.82, 2.24) is 5.32 Å². The third kappa shape index (κ3) is 3.85. The highest BCUT2D eigenvalue weighted by Gasteiger charge is 2.25. The maximum atomic E-state index is 12.2. The van der Waals surface area contributed by atoms with Crippen molar-refractivity contribution >= 4 is 40.1 Å². The Morgan fingerprint density at radius 2 is 2.05 bits per heavy atom. The van der Waals surface area contributed by atoms with Crippen LogP contribution in [-0.2, 0) is 0 Å². The largest absolute Gasteiger partial charge is 0.349 e. The number of nitrogens with one attached hydrogen (secondary N) is 1. The van der Waals surface area contributed by atoms with E-state index in [9.17, 15) is 4.79 Å². The summed E-state index contributed by atoms with van der Waals surface area (Å²) >= 11 is 8.22. The zero-order valence-corrected chi connectivity index (χ0v) is 14.2. The highest BCUT2D eigenvalue weighted by molar-refractivity contribution is 14.1. The summed E-state index contributed by atoms with van der Waals surface area (Å²) in [6.07, 6.45) is 3.35. The maximum absolute atomic E-state index is 12.2. The summed E-state index contributed by atoms with van der Waals surface area (Å²) in [7, 11) is 0. The van der Waals surface area contributed by atoms with Gasteiger partial charge in [-0.3, -0.25) is 4.79 Å². The van der Waals surface area contributed by atoms with Crippen molar-refractivity contribution in [3.63, 3.8) is 0 Å². The predicted molar refractivity (Wildman–Crippen MR) is 87.6 cm³/mol. The average molecular weight is 392 g/mol. The van der Waals surface area contributed by atoms with Gasteiger partial charge in [-0.15, -0.1) is 0 Å². The summed E-state index contributed by atoms with van der Waals surface area (Å²) in [5.74, 6) is 1.44. The Hall–Kier alpha value is -0.290. The molecule has 1 fully saturated rings. The van der Waals surface area contributed by atoms with E-state index in [0.717, 1.165) is 22.3 Å². The van der Waals surface area contributed by atoms with Crippen molar-refractivity contribution in [3.8, 4) is 0 Å². The Bertz CT molecular complexity index is 477. The lowest BCUT2D eigenvalue weighted by Gasteiger charge is -2.32. The van der Waals surface area contributed by atoms with Gasteiger partial charge in [0.05, 0.1) is 5.02 Å². The molecule has 3 unspecified atom stereocenters. The molecule has 0 aliphatic heterocycles. The minimum absolute atomic E-state index is 0.00921. The van der Waals surface area contributed by atoms with Gasteiger partial charge < -0.3 is 5.32 Å². The Kier molecular flexibility index (Phi) is 5.12. The van der Waals surface area contributed by atoms with E-state index in [-0.39, 0.29) is 5.91 Å². The van der Waals surface area contributed by atoms with Gasteiger partial charge in [-0.05, 0) is 71.9 Å². The summed E-state index contributed by atoms with van der Waals surface area (Å²) in [5.41, 5.74) is 0.650. The van der Waals surface area contributed by atoms with Gasteiger partial charge in [0.15, 0.2) is 0 Å². The van der Waals surface area contributed by atoms with Crippen LogP contribution < -0.4 is 5.32 Å². The Balaban J connectivity index is 1.99. The average Bonchev–Trinajstić information content (AvgIpc) is 2.37. The second-order valence-electron chi connectivity index (χ2n) is 5.57. The summed E-state index contributed by atoms with van der Waals surface area (Å²) in [4.78, 5) is 12.2. The Labute approximate surface area is 133 Å². The zero-order chi connectivity index (χ0) is 14.0. The van der Waals surface area contributed by atoms with Crippen LogP contribution in [0.3, 0.4) is 0 Å². The van der Waals surface area contributed by atoms with Crippen LogP contribution in [0.1, 0.15) is 43.5 Å². The van der Waals surface area contributed by atoms with Gasteiger partial charge in [-0.2, -0.15) is 0 Å². The van der Waals surface area contributed by atoms with E-state index in [1.807, 2.05) is 12.1 Å². The van der Waals surface area contributed by atoms with E-state index in [1.54, 1.807) is 6.07 Å². The fourth-order valence-corrected chi connectivity index (χ4v) is 3.10. The van der Waals surface area contributed by atoms with Crippen molar-refractivity contribution in [2.24, 2.45) is 11.8 Å². The molecule has 3 atom stereocenters. The smallest absolute Gasteiger partial charge is 0.251 e. The second-order valence-corrected chi connectivity index (χ2v) is 7.14. The predicted octanol–water partition coefficient (Wildman–Crippen LogP) is 4.50. The molecule has 0 bridgehead atoms. The lowest BCUT2D eigenvalue weighted by Crippen LogP contribution is -2.39. The molecule has 2 nitrogen and oxygen atoms in total. The van der Waals surface area contributed by atoms with Gasteiger partial charge >= 0.3 is 0 Å². The van der Waals surface area contributed by atoms with Crippen LogP contribution in [0, 0.1) is 15.4 Å². The normalized spacial score (nSPS) is 27.1. The maximum Gasteiger partial charge on any atom is 0.251 e. The molecule has 0 radical (unpaired) electrons. The number of halogens is 2. The van der Waals surface area contributed by atoms with Gasteiger partial charge in [0.25, 0.3) is 5.91 Å². The van der Waals surface area contributed by atoms with Crippen LogP contribution in [0.5, 0.6) is 0 Å². The van der Waals surface area contributed by atoms with Crippen LogP contribution in [0.25, 0.3) is 0 Å². The molecule has 4 heteroatoms. The molecule has 0 spiro atoms. The van der Waals surface area contributed by atoms with E-state index < -0.39 is 0 Å². The first-order chi connectivity index (χ1) is 8.97. The second kappa shape index (κ2) is 6.44. The van der Waals surface area contributed by atoms with Gasteiger partial charge in [-0.1, -0.05) is 25.4 Å². The van der Waals surface area contributed by atoms with Crippen molar-refractivity contribution in [2.75, 3.05) is 0 Å². The number of amides is 1. The van der Waals surface area contributed by atoms with Crippen LogP contribution in [0.15, 0.2) is 18.2 Å². The number of carbonyl (C=O) groups excluding carboxylic acids is 1. The van der Waals surface area contributed by atoms with Crippen LogP contribution >= 0.6 is 34.2 Å². The lowest BCUT2D eigenvalue weighted by atomic mass is 9.79. The van der Waals surface area contributed by atoms with Crippen LogP contribution in [0.2, 0.25) is 5.02 Å². The summed E-state index contributed by atoms with van der Waals surface area (Å²) in [6.45, 7) is 4.56. The number of hydrogen-bond acceptors (Lipinski definition) is 1. The molecular weight excluding hydrogens is 373 g/mol. The van der Waals surface area contributed by atoms with E-state index in [0.29, 0.717) is 22.5 Å². The molecule has 2 rings (SSSR count). The first-order valence-corrected chi connectivity index (χ1v) is 8.19. The Morgan fingerprint density at radius 3 is 2.68 bits per heavy atom. The SMILES string of the molecule is CC1CCC(NC(=O)c2ccc(I)c(Cl)c2)CC1C. The molecule has 1 aromatic carbocycles. The number of rotatable bonds is 2. The van der Waals surface area contributed by atoms with E-state index >= 15 is 0 Å². The monoisotopic (exact) mass is 391 g/mol. The van der Waals surface area contributed by atoms with Crippen molar-refractivity contribution in [2.45, 2.75) is 39.2 Å². The molecule has 1 aromatic rings. The van der Waals surface area contributed by atoms with Gasteiger partial charge in [0.2, 0.25) is 0 Å². The third-order valence-corrected chi connectivity index (χ3v) is 5.69. The van der Waals surface area contributed by atoms with Gasteiger partial charge in [0.1, 0.15) is 0 Å². The molecule has 0 heterocycles. The fraction of sp³-hybridized carbons (Fsp3) is 0.533. The number of hydrogen-bond donors (Lipinski definition) is 1. The number of benzene rings is 1. The molecule has 1 N–H and O–H groups in total. The topological polar surface area (TPSA) is 29.1 Å². The van der Waals surface area contributed by atoms with E-state index in [2.05, 4.69) is 41.8 Å². The molecule has 1 aliphatic carbocycles. The minimum atomic E-state index is -0.00921. The first kappa shape index (κ1) is 15.1. The molecule has 1 saturated carbocycles. The van der Waals surface area contributed by atoms with Crippen molar-refractivity contribution in [1.29, 1.82) is 0 Å². The van der Waals surface area contributed by atoms with E-state index in [4.69, 9.17) is 11.6 Å². The molecule has 0 aromatic heterocycles. The summed E-state index contributed by atoms with van der Waals surface area (Å²) in [6, 6.07) is 5.76. The highest BCUT2D eigenvalue weighted by Crippen LogP contribution is 2.29. The highest BCUT2D eigenvalue weighted by atomic mass is 127. The van der Waals surface area contributed by atoms with Crippen LogP contribution in [-0.4, -0.2) is 11.9 Å². The molecule has 0 saturated heterocycles. The first-order valence-electron chi connectivity index (χ1n) is 6.73. The quantitative estimate of drug-likeness (QED) is 0.739. The number of carbonyl (C=O) groups is 1. The van der Waals surface area contributed by atoms with E-state index in [1.165, 1.54) is 6.42 Å². The standard InChI is InChI=1S/C15H19ClINO/c1-9-3-5-12(7-10(9)2)18-15(19)11-4-6-14(17)13(16)8-11/h4,6,8-10,12H,3,5,7H2,1-2H3,(H,18,19). The van der Waals surface area contributed by atoms with Crippen molar-refractivity contribution in [3.05, 3.63) is 32.4 Å². The molecule has 1 amide bonds. The zero-order valence-electron chi connectivity index (χ0n) is 11.2. The Morgan fingerprint density at radius 1 is 1.32 bits per heavy atom. The minimum Gasteiger partial charge on any atom is -0.349 e. The van der Waals surface area contributed by atoms with Crippen LogP contribution in [0.4, 0.5) is 0 Å². The lowest BCUT2D eigenvalue weighted by molar-refractivity contribution is 0.0910. The molecular formula is C15H19ClINO. The summed E-state index contributed by atoms with van der Waals surface area (Å²) < 4.78 is 0.968. The van der Waals surface area contributed by atoms with Gasteiger partial charge in [-0.25, -0.2) is 0 Å². The van der Waals surface area contributed by atoms with Gasteiger partial charge in [0, 0.05) is 15.2 Å². The third-order valence-electron chi connectivity index (χ3n) is 4.12. The molecule has 19 heavy (non-hydrogen) atoms. The van der Waals surface area contributed by atoms with Crippen molar-refractivity contribution < 1.29 is 4.79 Å². The summed E-state index contributed by atoms with van der Waals surface area (Å²) in [5, 5.41) is 3.77.